The number of fused-ring (bicyclic) bond motifs is 1. The lowest BCUT2D eigenvalue weighted by Crippen LogP contribution is -2.19. The fraction of sp³-hybridized carbons (Fsp3) is 0.500. The van der Waals surface area contributed by atoms with Crippen LogP contribution >= 0.6 is 23.2 Å². The fourth-order valence-electron chi connectivity index (χ4n) is 2.94. The Morgan fingerprint density at radius 2 is 2.29 bits per heavy atom. The number of nitrogens with zero attached hydrogens (tertiary/aromatic N) is 2. The van der Waals surface area contributed by atoms with Crippen LogP contribution < -0.4 is 0 Å². The van der Waals surface area contributed by atoms with Gasteiger partial charge in [0.25, 0.3) is 0 Å². The topological polar surface area (TPSA) is 53.3 Å². The van der Waals surface area contributed by atoms with Gasteiger partial charge in [0.2, 0.25) is 0 Å². The number of benzene rings is 1. The molecule has 1 saturated heterocycles. The number of esters is 1. The second kappa shape index (κ2) is 7.25. The van der Waals surface area contributed by atoms with Gasteiger partial charge in [0.05, 0.1) is 13.0 Å². The van der Waals surface area contributed by atoms with Gasteiger partial charge in [-0.1, -0.05) is 23.2 Å². The first-order chi connectivity index (χ1) is 11.5. The van der Waals surface area contributed by atoms with Crippen molar-refractivity contribution in [1.29, 1.82) is 0 Å². The molecule has 0 amide bonds. The molecule has 1 aromatic heterocycles. The fourth-order valence-corrected chi connectivity index (χ4v) is 3.49. The normalized spacial score (nSPS) is 18.1. The molecule has 1 unspecified atom stereocenters. The highest BCUT2D eigenvalue weighted by Crippen LogP contribution is 2.37. The van der Waals surface area contributed by atoms with Gasteiger partial charge in [0.1, 0.15) is 5.52 Å². The molecule has 0 radical (unpaired) electrons. The Morgan fingerprint density at radius 1 is 1.50 bits per heavy atom. The number of carbonyl (C=O) groups excluding carboxylic acids is 1. The van der Waals surface area contributed by atoms with Crippen LogP contribution in [0.2, 0.25) is 10.2 Å². The van der Waals surface area contributed by atoms with E-state index in [1.54, 1.807) is 6.92 Å². The van der Waals surface area contributed by atoms with E-state index in [4.69, 9.17) is 32.7 Å². The van der Waals surface area contributed by atoms with Crippen LogP contribution in [0.5, 0.6) is 0 Å². The molecule has 3 rings (SSSR count). The molecule has 0 aliphatic carbocycles. The van der Waals surface area contributed by atoms with Crippen molar-refractivity contribution in [2.45, 2.75) is 38.8 Å². The second-order valence-electron chi connectivity index (χ2n) is 5.58. The van der Waals surface area contributed by atoms with Crippen molar-refractivity contribution >= 4 is 40.1 Å². The van der Waals surface area contributed by atoms with Crippen molar-refractivity contribution in [2.24, 2.45) is 0 Å². The van der Waals surface area contributed by atoms with Crippen LogP contribution in [0.1, 0.15) is 38.0 Å². The average Bonchev–Trinajstić information content (AvgIpc) is 2.90. The highest BCUT2D eigenvalue weighted by atomic mass is 35.5. The lowest BCUT2D eigenvalue weighted by Gasteiger charge is -2.23. The Balaban J connectivity index is 2.12. The number of halogens is 3. The first-order valence-electron chi connectivity index (χ1n) is 7.84. The standard InChI is InChI=1S/C16H17Cl2FN2O3/c1-2-23-13(22)7-9-10(17)8-11(19)15-14(9)16(18)20-21(15)12-5-3-4-6-24-12/h8,12H,2-7H2,1H3. The van der Waals surface area contributed by atoms with Crippen molar-refractivity contribution in [3.05, 3.63) is 27.6 Å². The van der Waals surface area contributed by atoms with E-state index in [1.165, 1.54) is 10.7 Å². The second-order valence-corrected chi connectivity index (χ2v) is 6.35. The molecule has 1 aliphatic heterocycles. The van der Waals surface area contributed by atoms with Gasteiger partial charge in [-0.2, -0.15) is 5.10 Å². The van der Waals surface area contributed by atoms with E-state index in [2.05, 4.69) is 5.10 Å². The van der Waals surface area contributed by atoms with E-state index in [1.807, 2.05) is 0 Å². The van der Waals surface area contributed by atoms with Crippen LogP contribution in [0, 0.1) is 5.82 Å². The Hall–Kier alpha value is -1.37. The number of rotatable bonds is 4. The molecule has 130 valence electrons. The monoisotopic (exact) mass is 374 g/mol. The first-order valence-corrected chi connectivity index (χ1v) is 8.60. The minimum Gasteiger partial charge on any atom is -0.466 e. The maximum atomic E-state index is 14.6. The Labute approximate surface area is 148 Å². The van der Waals surface area contributed by atoms with Gasteiger partial charge in [-0.15, -0.1) is 0 Å². The maximum Gasteiger partial charge on any atom is 0.310 e. The third-order valence-corrected chi connectivity index (χ3v) is 4.59. The van der Waals surface area contributed by atoms with Gasteiger partial charge in [0, 0.05) is 17.0 Å². The number of carbonyl (C=O) groups is 1. The van der Waals surface area contributed by atoms with Crippen molar-refractivity contribution < 1.29 is 18.7 Å². The molecule has 0 N–H and O–H groups in total. The highest BCUT2D eigenvalue weighted by molar-refractivity contribution is 6.37. The third-order valence-electron chi connectivity index (χ3n) is 3.99. The minimum absolute atomic E-state index is 0.0968. The zero-order valence-electron chi connectivity index (χ0n) is 13.2. The molecular weight excluding hydrogens is 358 g/mol. The lowest BCUT2D eigenvalue weighted by molar-refractivity contribution is -0.142. The summed E-state index contributed by atoms with van der Waals surface area (Å²) in [5, 5.41) is 4.79. The zero-order valence-corrected chi connectivity index (χ0v) is 14.7. The highest BCUT2D eigenvalue weighted by Gasteiger charge is 2.26. The van der Waals surface area contributed by atoms with Crippen LogP contribution in [0.25, 0.3) is 10.9 Å². The van der Waals surface area contributed by atoms with Crippen molar-refractivity contribution in [1.82, 2.24) is 9.78 Å². The Bertz CT molecular complexity index is 773. The van der Waals surface area contributed by atoms with Gasteiger partial charge in [0.15, 0.2) is 17.2 Å². The van der Waals surface area contributed by atoms with E-state index < -0.39 is 11.8 Å². The smallest absolute Gasteiger partial charge is 0.310 e. The Kier molecular flexibility index (Phi) is 5.27. The van der Waals surface area contributed by atoms with Gasteiger partial charge >= 0.3 is 5.97 Å². The molecular formula is C16H17Cl2FN2O3. The number of hydrogen-bond acceptors (Lipinski definition) is 4. The quantitative estimate of drug-likeness (QED) is 0.749. The minimum atomic E-state index is -0.545. The van der Waals surface area contributed by atoms with E-state index >= 15 is 0 Å². The summed E-state index contributed by atoms with van der Waals surface area (Å²) < 4.78 is 26.7. The summed E-state index contributed by atoms with van der Waals surface area (Å²) in [4.78, 5) is 11.8. The third kappa shape index (κ3) is 3.23. The van der Waals surface area contributed by atoms with Gasteiger partial charge in [-0.3, -0.25) is 4.79 Å². The summed E-state index contributed by atoms with van der Waals surface area (Å²) in [5.74, 6) is -0.999. The summed E-state index contributed by atoms with van der Waals surface area (Å²) in [6.45, 7) is 2.56. The molecule has 0 saturated carbocycles. The predicted molar refractivity (Wildman–Crippen MR) is 88.9 cm³/mol. The largest absolute Gasteiger partial charge is 0.466 e. The molecule has 2 heterocycles. The van der Waals surface area contributed by atoms with Gasteiger partial charge in [-0.25, -0.2) is 9.07 Å². The summed E-state index contributed by atoms with van der Waals surface area (Å²) in [7, 11) is 0. The SMILES string of the molecule is CCOC(=O)Cc1c(Cl)cc(F)c2c1c(Cl)nn2C1CCCCO1. The molecule has 1 aliphatic rings. The van der Waals surface area contributed by atoms with Crippen LogP contribution in [0.3, 0.4) is 0 Å². The van der Waals surface area contributed by atoms with Crippen LogP contribution in [-0.2, 0) is 20.7 Å². The van der Waals surface area contributed by atoms with Crippen LogP contribution in [0.4, 0.5) is 4.39 Å². The molecule has 1 aromatic carbocycles. The zero-order chi connectivity index (χ0) is 17.3. The molecule has 0 spiro atoms. The van der Waals surface area contributed by atoms with Crippen LogP contribution in [-0.4, -0.2) is 29.0 Å². The van der Waals surface area contributed by atoms with E-state index in [0.717, 1.165) is 19.3 Å². The predicted octanol–water partition coefficient (Wildman–Crippen LogP) is 4.29. The summed E-state index contributed by atoms with van der Waals surface area (Å²) >= 11 is 12.4. The molecule has 2 aromatic rings. The van der Waals surface area contributed by atoms with E-state index in [9.17, 15) is 9.18 Å². The average molecular weight is 375 g/mol. The van der Waals surface area contributed by atoms with E-state index in [0.29, 0.717) is 17.6 Å². The summed E-state index contributed by atoms with van der Waals surface area (Å²) in [5.41, 5.74) is 0.620. The number of aromatic nitrogens is 2. The maximum absolute atomic E-state index is 14.6. The molecule has 1 atom stereocenters. The number of ether oxygens (including phenoxy) is 2. The van der Waals surface area contributed by atoms with Gasteiger partial charge in [-0.05, 0) is 37.8 Å². The number of hydrogen-bond donors (Lipinski definition) is 0. The van der Waals surface area contributed by atoms with E-state index in [-0.39, 0.29) is 34.9 Å². The summed E-state index contributed by atoms with van der Waals surface area (Å²) in [6.07, 6.45) is 2.18. The van der Waals surface area contributed by atoms with Crippen molar-refractivity contribution in [3.63, 3.8) is 0 Å². The Morgan fingerprint density at radius 3 is 2.96 bits per heavy atom. The van der Waals surface area contributed by atoms with Gasteiger partial charge < -0.3 is 9.47 Å². The lowest BCUT2D eigenvalue weighted by atomic mass is 10.1. The van der Waals surface area contributed by atoms with Crippen LogP contribution in [0.15, 0.2) is 6.07 Å². The summed E-state index contributed by atoms with van der Waals surface area (Å²) in [6, 6.07) is 1.18. The first kappa shape index (κ1) is 17.5. The molecule has 1 fully saturated rings. The molecule has 0 bridgehead atoms. The molecule has 5 nitrogen and oxygen atoms in total. The molecule has 24 heavy (non-hydrogen) atoms. The van der Waals surface area contributed by atoms with Crippen molar-refractivity contribution in [3.8, 4) is 0 Å². The molecule has 8 heteroatoms. The van der Waals surface area contributed by atoms with Crippen molar-refractivity contribution in [2.75, 3.05) is 13.2 Å².